The fraction of sp³-hybridized carbons (Fsp3) is 0.750. The molecule has 2 atom stereocenters. The fourth-order valence-electron chi connectivity index (χ4n) is 3.97. The van der Waals surface area contributed by atoms with Gasteiger partial charge in [0.25, 0.3) is 0 Å². The van der Waals surface area contributed by atoms with Crippen LogP contribution in [0.4, 0.5) is 5.13 Å². The molecule has 0 saturated carbocycles. The fourth-order valence-corrected chi connectivity index (χ4v) is 4.67. The van der Waals surface area contributed by atoms with E-state index in [4.69, 9.17) is 0 Å². The third kappa shape index (κ3) is 5.10. The lowest BCUT2D eigenvalue weighted by atomic mass is 10.1. The number of carbonyl (C=O) groups excluding carboxylic acids is 2. The Kier molecular flexibility index (Phi) is 7.42. The molecular weight excluding hydrogens is 374 g/mol. The van der Waals surface area contributed by atoms with Crippen molar-refractivity contribution in [2.45, 2.75) is 52.6 Å². The van der Waals surface area contributed by atoms with Crippen molar-refractivity contribution in [1.82, 2.24) is 19.7 Å². The van der Waals surface area contributed by atoms with E-state index < -0.39 is 0 Å². The molecule has 0 aromatic carbocycles. The van der Waals surface area contributed by atoms with Gasteiger partial charge in [0, 0.05) is 44.0 Å². The minimum atomic E-state index is -0.0199. The lowest BCUT2D eigenvalue weighted by Crippen LogP contribution is -2.49. The quantitative estimate of drug-likeness (QED) is 0.751. The van der Waals surface area contributed by atoms with Gasteiger partial charge in [-0.3, -0.25) is 19.4 Å². The second kappa shape index (κ2) is 9.80. The Morgan fingerprint density at radius 1 is 1.25 bits per heavy atom. The van der Waals surface area contributed by atoms with Crippen LogP contribution in [0.25, 0.3) is 0 Å². The number of aromatic nitrogens is 1. The molecule has 8 heteroatoms. The standard InChI is InChI=1S/C20H33N5O2S/c1-4-15(3)19(27)25-11-9-23(10-12-25)13-16-14-28-20(21-16)22-18(26)17-7-6-8-24(17)5-2/h14-15,17H,4-13H2,1-3H3,(H,21,22,26)/t15?,17-/m0/s1. The van der Waals surface area contributed by atoms with Crippen molar-refractivity contribution in [3.8, 4) is 0 Å². The number of hydrogen-bond donors (Lipinski definition) is 1. The highest BCUT2D eigenvalue weighted by molar-refractivity contribution is 7.13. The molecule has 2 amide bonds. The Hall–Kier alpha value is -1.51. The number of amides is 2. The van der Waals surface area contributed by atoms with Crippen molar-refractivity contribution in [1.29, 1.82) is 0 Å². The third-order valence-corrected chi connectivity index (χ3v) is 6.76. The van der Waals surface area contributed by atoms with Gasteiger partial charge in [-0.15, -0.1) is 11.3 Å². The number of likely N-dealkylation sites (tertiary alicyclic amines) is 1. The van der Waals surface area contributed by atoms with Crippen LogP contribution in [-0.4, -0.2) is 76.8 Å². The first kappa shape index (κ1) is 21.2. The molecule has 7 nitrogen and oxygen atoms in total. The average molecular weight is 408 g/mol. The molecule has 0 aliphatic carbocycles. The highest BCUT2D eigenvalue weighted by Crippen LogP contribution is 2.22. The van der Waals surface area contributed by atoms with Gasteiger partial charge >= 0.3 is 0 Å². The zero-order valence-corrected chi connectivity index (χ0v) is 18.1. The van der Waals surface area contributed by atoms with Crippen LogP contribution in [0.3, 0.4) is 0 Å². The number of nitrogens with zero attached hydrogens (tertiary/aromatic N) is 4. The van der Waals surface area contributed by atoms with E-state index in [0.717, 1.165) is 70.8 Å². The first-order chi connectivity index (χ1) is 13.5. The SMILES string of the molecule is CCC(C)C(=O)N1CCN(Cc2csc(NC(=O)[C@@H]3CCCN3CC)n2)CC1. The normalized spacial score (nSPS) is 22.4. The Morgan fingerprint density at radius 3 is 2.68 bits per heavy atom. The van der Waals surface area contributed by atoms with Crippen LogP contribution in [0.1, 0.15) is 45.7 Å². The topological polar surface area (TPSA) is 68.8 Å². The average Bonchev–Trinajstić information content (AvgIpc) is 3.36. The number of thiazole rings is 1. The van der Waals surface area contributed by atoms with E-state index in [0.29, 0.717) is 5.13 Å². The molecule has 3 heterocycles. The summed E-state index contributed by atoms with van der Waals surface area (Å²) in [6.45, 7) is 12.2. The van der Waals surface area contributed by atoms with Crippen molar-refractivity contribution >= 4 is 28.3 Å². The van der Waals surface area contributed by atoms with Crippen LogP contribution in [0, 0.1) is 5.92 Å². The molecule has 1 aromatic rings. The first-order valence-corrected chi connectivity index (χ1v) is 11.4. The van der Waals surface area contributed by atoms with Crippen LogP contribution >= 0.6 is 11.3 Å². The molecule has 2 fully saturated rings. The Bertz CT molecular complexity index is 671. The maximum Gasteiger partial charge on any atom is 0.243 e. The summed E-state index contributed by atoms with van der Waals surface area (Å²) >= 11 is 1.49. The van der Waals surface area contributed by atoms with Crippen LogP contribution in [0.5, 0.6) is 0 Å². The maximum atomic E-state index is 12.5. The molecule has 0 spiro atoms. The molecule has 0 radical (unpaired) electrons. The smallest absolute Gasteiger partial charge is 0.243 e. The van der Waals surface area contributed by atoms with Crippen LogP contribution < -0.4 is 5.32 Å². The van der Waals surface area contributed by atoms with Crippen LogP contribution in [0.2, 0.25) is 0 Å². The molecule has 156 valence electrons. The lowest BCUT2D eigenvalue weighted by Gasteiger charge is -2.35. The minimum Gasteiger partial charge on any atom is -0.340 e. The lowest BCUT2D eigenvalue weighted by molar-refractivity contribution is -0.136. The van der Waals surface area contributed by atoms with E-state index in [2.05, 4.69) is 33.9 Å². The molecule has 2 saturated heterocycles. The number of nitrogens with one attached hydrogen (secondary N) is 1. The number of piperazine rings is 1. The van der Waals surface area contributed by atoms with Gasteiger partial charge in [-0.2, -0.15) is 0 Å². The Labute approximate surface area is 172 Å². The summed E-state index contributed by atoms with van der Waals surface area (Å²) in [4.78, 5) is 36.0. The Balaban J connectivity index is 1.46. The van der Waals surface area contributed by atoms with Crippen molar-refractivity contribution < 1.29 is 9.59 Å². The third-order valence-electron chi connectivity index (χ3n) is 5.96. The number of rotatable bonds is 7. The summed E-state index contributed by atoms with van der Waals surface area (Å²) in [5, 5.41) is 5.72. The first-order valence-electron chi connectivity index (χ1n) is 10.5. The number of anilines is 1. The van der Waals surface area contributed by atoms with Crippen molar-refractivity contribution in [3.05, 3.63) is 11.1 Å². The molecule has 2 aliphatic rings. The zero-order valence-electron chi connectivity index (χ0n) is 17.3. The summed E-state index contributed by atoms with van der Waals surface area (Å²) in [6.07, 6.45) is 2.90. The molecule has 1 N–H and O–H groups in total. The van der Waals surface area contributed by atoms with Gasteiger partial charge in [0.2, 0.25) is 11.8 Å². The summed E-state index contributed by atoms with van der Waals surface area (Å²) < 4.78 is 0. The maximum absolute atomic E-state index is 12.5. The van der Waals surface area contributed by atoms with E-state index in [1.165, 1.54) is 11.3 Å². The second-order valence-corrected chi connectivity index (χ2v) is 8.69. The number of hydrogen-bond acceptors (Lipinski definition) is 6. The van der Waals surface area contributed by atoms with Gasteiger partial charge in [-0.05, 0) is 32.4 Å². The minimum absolute atomic E-state index is 0.0199. The summed E-state index contributed by atoms with van der Waals surface area (Å²) in [5.74, 6) is 0.450. The van der Waals surface area contributed by atoms with E-state index in [1.54, 1.807) is 0 Å². The van der Waals surface area contributed by atoms with Crippen LogP contribution in [0.15, 0.2) is 5.38 Å². The van der Waals surface area contributed by atoms with Gasteiger partial charge in [-0.1, -0.05) is 20.8 Å². The van der Waals surface area contributed by atoms with Gasteiger partial charge in [0.1, 0.15) is 0 Å². The number of carbonyl (C=O) groups is 2. The monoisotopic (exact) mass is 407 g/mol. The van der Waals surface area contributed by atoms with Gasteiger partial charge in [-0.25, -0.2) is 4.98 Å². The van der Waals surface area contributed by atoms with Gasteiger partial charge in [0.05, 0.1) is 11.7 Å². The molecule has 3 rings (SSSR count). The molecular formula is C20H33N5O2S. The van der Waals surface area contributed by atoms with E-state index in [-0.39, 0.29) is 23.8 Å². The molecule has 2 aliphatic heterocycles. The van der Waals surface area contributed by atoms with E-state index >= 15 is 0 Å². The molecule has 0 bridgehead atoms. The summed E-state index contributed by atoms with van der Waals surface area (Å²) in [7, 11) is 0. The molecule has 1 aromatic heterocycles. The molecule has 28 heavy (non-hydrogen) atoms. The van der Waals surface area contributed by atoms with Crippen molar-refractivity contribution in [2.75, 3.05) is 44.6 Å². The van der Waals surface area contributed by atoms with Crippen molar-refractivity contribution in [3.63, 3.8) is 0 Å². The van der Waals surface area contributed by atoms with E-state index in [1.807, 2.05) is 17.2 Å². The van der Waals surface area contributed by atoms with E-state index in [9.17, 15) is 9.59 Å². The largest absolute Gasteiger partial charge is 0.340 e. The highest BCUT2D eigenvalue weighted by atomic mass is 32.1. The molecule has 1 unspecified atom stereocenters. The van der Waals surface area contributed by atoms with Crippen LogP contribution in [-0.2, 0) is 16.1 Å². The highest BCUT2D eigenvalue weighted by Gasteiger charge is 2.30. The summed E-state index contributed by atoms with van der Waals surface area (Å²) in [6, 6.07) is -0.0199. The predicted octanol–water partition coefficient (Wildman–Crippen LogP) is 2.26. The second-order valence-electron chi connectivity index (χ2n) is 7.83. The summed E-state index contributed by atoms with van der Waals surface area (Å²) in [5.41, 5.74) is 0.987. The predicted molar refractivity (Wildman–Crippen MR) is 112 cm³/mol. The number of likely N-dealkylation sites (N-methyl/N-ethyl adjacent to an activating group) is 1. The van der Waals surface area contributed by atoms with Gasteiger partial charge < -0.3 is 10.2 Å². The van der Waals surface area contributed by atoms with Gasteiger partial charge in [0.15, 0.2) is 5.13 Å². The Morgan fingerprint density at radius 2 is 2.00 bits per heavy atom. The zero-order chi connectivity index (χ0) is 20.1. The van der Waals surface area contributed by atoms with Crippen molar-refractivity contribution in [2.24, 2.45) is 5.92 Å².